The predicted molar refractivity (Wildman–Crippen MR) is 161 cm³/mol. The third kappa shape index (κ3) is 6.57. The number of hydrogen-bond donors (Lipinski definition) is 1. The highest BCUT2D eigenvalue weighted by atomic mass is 32.2. The highest BCUT2D eigenvalue weighted by molar-refractivity contribution is 7.99. The molecule has 214 valence electrons. The largest absolute Gasteiger partial charge is 0.497 e. The summed E-state index contributed by atoms with van der Waals surface area (Å²) in [7, 11) is 2.92. The summed E-state index contributed by atoms with van der Waals surface area (Å²) in [6, 6.07) is 15.3. The van der Waals surface area contributed by atoms with Crippen molar-refractivity contribution in [1.82, 2.24) is 14.8 Å². The molecule has 2 heterocycles. The molecular formula is C30H32N4O5S2. The summed E-state index contributed by atoms with van der Waals surface area (Å²) >= 11 is 2.57. The minimum Gasteiger partial charge on any atom is -0.497 e. The first kappa shape index (κ1) is 28.7. The number of thiophene rings is 1. The van der Waals surface area contributed by atoms with Crippen molar-refractivity contribution in [2.45, 2.75) is 50.4 Å². The number of esters is 1. The van der Waals surface area contributed by atoms with Crippen molar-refractivity contribution in [3.63, 3.8) is 0 Å². The van der Waals surface area contributed by atoms with Gasteiger partial charge >= 0.3 is 5.97 Å². The molecule has 0 atom stereocenters. The predicted octanol–water partition coefficient (Wildman–Crippen LogP) is 6.54. The fourth-order valence-corrected chi connectivity index (χ4v) is 6.58. The van der Waals surface area contributed by atoms with Crippen molar-refractivity contribution < 1.29 is 23.8 Å². The molecule has 1 amide bonds. The third-order valence-corrected chi connectivity index (χ3v) is 8.78. The van der Waals surface area contributed by atoms with Gasteiger partial charge in [-0.25, -0.2) is 4.79 Å². The number of nitrogens with one attached hydrogen (secondary N) is 1. The second-order valence-electron chi connectivity index (χ2n) is 9.51. The van der Waals surface area contributed by atoms with Gasteiger partial charge in [0.15, 0.2) is 11.0 Å². The van der Waals surface area contributed by atoms with Crippen LogP contribution >= 0.6 is 23.1 Å². The Hall–Kier alpha value is -3.83. The first-order chi connectivity index (χ1) is 20.0. The van der Waals surface area contributed by atoms with Crippen molar-refractivity contribution in [2.24, 2.45) is 0 Å². The zero-order chi connectivity index (χ0) is 28.8. The summed E-state index contributed by atoms with van der Waals surface area (Å²) in [5.41, 5.74) is 2.75. The highest BCUT2D eigenvalue weighted by Gasteiger charge is 2.23. The topological polar surface area (TPSA) is 105 Å². The second kappa shape index (κ2) is 13.2. The van der Waals surface area contributed by atoms with Crippen LogP contribution in [0.4, 0.5) is 5.00 Å². The smallest absolute Gasteiger partial charge is 0.341 e. The number of amides is 1. The molecule has 1 aliphatic carbocycles. The van der Waals surface area contributed by atoms with Gasteiger partial charge < -0.3 is 24.1 Å². The Balaban J connectivity index is 1.26. The van der Waals surface area contributed by atoms with Gasteiger partial charge in [0.05, 0.1) is 26.1 Å². The van der Waals surface area contributed by atoms with Crippen molar-refractivity contribution >= 4 is 40.0 Å². The highest BCUT2D eigenvalue weighted by Crippen LogP contribution is 2.37. The molecule has 0 radical (unpaired) electrons. The normalized spacial score (nSPS) is 13.2. The number of methoxy groups -OCH3 is 2. The zero-order valence-electron chi connectivity index (χ0n) is 23.2. The number of nitrogens with zero attached hydrogens (tertiary/aromatic N) is 3. The number of anilines is 1. The van der Waals surface area contributed by atoms with Crippen molar-refractivity contribution in [3.05, 3.63) is 59.5 Å². The maximum Gasteiger partial charge on any atom is 0.341 e. The second-order valence-corrected chi connectivity index (χ2v) is 11.3. The average Bonchev–Trinajstić information content (AvgIpc) is 3.76. The van der Waals surface area contributed by atoms with Gasteiger partial charge in [0.1, 0.15) is 22.1 Å². The number of carbonyl (C=O) groups excluding carboxylic acids is 2. The van der Waals surface area contributed by atoms with Crippen LogP contribution in [-0.4, -0.2) is 52.7 Å². The van der Waals surface area contributed by atoms with Crippen LogP contribution in [0.1, 0.15) is 43.0 Å². The van der Waals surface area contributed by atoms with Crippen LogP contribution in [0.2, 0.25) is 0 Å². The third-order valence-electron chi connectivity index (χ3n) is 6.92. The number of rotatable bonds is 11. The minimum absolute atomic E-state index is 0.0999. The van der Waals surface area contributed by atoms with E-state index >= 15 is 0 Å². The molecular weight excluding hydrogens is 560 g/mol. The molecule has 41 heavy (non-hydrogen) atoms. The summed E-state index contributed by atoms with van der Waals surface area (Å²) in [5.74, 6) is 1.63. The molecule has 9 nitrogen and oxygen atoms in total. The summed E-state index contributed by atoms with van der Waals surface area (Å²) in [4.78, 5) is 25.6. The van der Waals surface area contributed by atoms with Gasteiger partial charge in [0.2, 0.25) is 5.91 Å². The van der Waals surface area contributed by atoms with Gasteiger partial charge in [-0.15, -0.1) is 21.5 Å². The number of ether oxygens (including phenoxy) is 3. The Morgan fingerprint density at radius 2 is 1.68 bits per heavy atom. The number of aromatic nitrogens is 3. The monoisotopic (exact) mass is 592 g/mol. The van der Waals surface area contributed by atoms with E-state index in [1.807, 2.05) is 65.4 Å². The Kier molecular flexibility index (Phi) is 9.25. The van der Waals surface area contributed by atoms with Crippen LogP contribution in [0.3, 0.4) is 0 Å². The van der Waals surface area contributed by atoms with Crippen LogP contribution in [-0.2, 0) is 16.1 Å². The Morgan fingerprint density at radius 3 is 2.34 bits per heavy atom. The van der Waals surface area contributed by atoms with Crippen LogP contribution in [0.15, 0.2) is 59.1 Å². The van der Waals surface area contributed by atoms with E-state index in [1.54, 1.807) is 7.11 Å². The lowest BCUT2D eigenvalue weighted by atomic mass is 10.0. The lowest BCUT2D eigenvalue weighted by molar-refractivity contribution is -0.113. The van der Waals surface area contributed by atoms with Gasteiger partial charge in [-0.2, -0.15) is 0 Å². The van der Waals surface area contributed by atoms with E-state index in [-0.39, 0.29) is 11.7 Å². The average molecular weight is 593 g/mol. The summed E-state index contributed by atoms with van der Waals surface area (Å²) in [6.07, 6.45) is 4.98. The molecule has 1 fully saturated rings. The van der Waals surface area contributed by atoms with Crippen molar-refractivity contribution in [1.29, 1.82) is 0 Å². The van der Waals surface area contributed by atoms with E-state index in [4.69, 9.17) is 14.2 Å². The maximum absolute atomic E-state index is 13.0. The molecule has 2 aromatic heterocycles. The molecule has 1 N–H and O–H groups in total. The van der Waals surface area contributed by atoms with Crippen LogP contribution < -0.4 is 14.8 Å². The van der Waals surface area contributed by atoms with Crippen LogP contribution in [0, 0.1) is 0 Å². The van der Waals surface area contributed by atoms with Gasteiger partial charge in [-0.05, 0) is 74.6 Å². The van der Waals surface area contributed by atoms with Crippen molar-refractivity contribution in [3.8, 4) is 34.0 Å². The zero-order valence-corrected chi connectivity index (χ0v) is 24.8. The molecule has 1 saturated carbocycles. The van der Waals surface area contributed by atoms with E-state index in [1.165, 1.54) is 43.1 Å². The van der Waals surface area contributed by atoms with Gasteiger partial charge in [0.25, 0.3) is 0 Å². The van der Waals surface area contributed by atoms with E-state index in [0.29, 0.717) is 39.7 Å². The summed E-state index contributed by atoms with van der Waals surface area (Å²) in [5, 5.41) is 14.5. The molecule has 0 unspecified atom stereocenters. The van der Waals surface area contributed by atoms with Gasteiger partial charge in [-0.3, -0.25) is 4.79 Å². The molecule has 11 heteroatoms. The quantitative estimate of drug-likeness (QED) is 0.155. The fourth-order valence-electron chi connectivity index (χ4n) is 4.81. The van der Waals surface area contributed by atoms with E-state index in [9.17, 15) is 9.59 Å². The van der Waals surface area contributed by atoms with E-state index in [0.717, 1.165) is 35.5 Å². The molecule has 1 aliphatic rings. The molecule has 0 bridgehead atoms. The van der Waals surface area contributed by atoms with Gasteiger partial charge in [-0.1, -0.05) is 23.9 Å². The van der Waals surface area contributed by atoms with E-state index in [2.05, 4.69) is 15.5 Å². The first-order valence-corrected chi connectivity index (χ1v) is 15.3. The number of thioether (sulfide) groups is 1. The summed E-state index contributed by atoms with van der Waals surface area (Å²) in [6.45, 7) is 2.67. The Morgan fingerprint density at radius 1 is 1.00 bits per heavy atom. The van der Waals surface area contributed by atoms with Gasteiger partial charge in [0, 0.05) is 23.1 Å². The molecule has 0 spiro atoms. The van der Waals surface area contributed by atoms with E-state index < -0.39 is 5.97 Å². The van der Waals surface area contributed by atoms with Crippen LogP contribution in [0.5, 0.6) is 11.5 Å². The van der Waals surface area contributed by atoms with Crippen molar-refractivity contribution in [2.75, 3.05) is 25.3 Å². The number of carbonyl (C=O) groups is 2. The molecule has 2 aromatic carbocycles. The molecule has 0 saturated heterocycles. The minimum atomic E-state index is -0.518. The lowest BCUT2D eigenvalue weighted by Crippen LogP contribution is -2.16. The lowest BCUT2D eigenvalue weighted by Gasteiger charge is -2.13. The standard InChI is InChI=1S/C30H32N4O5S2/c1-4-34-27(20-11-15-23(16-12-20)39-22-7-5-6-8-22)32-33-30(34)41-18-25(35)31-28-26(29(36)38-3)24(17-40-28)19-9-13-21(37-2)14-10-19/h9-17,22H,4-8,18H2,1-3H3,(H,31,35). The maximum atomic E-state index is 13.0. The fraction of sp³-hybridized carbons (Fsp3) is 0.333. The number of hydrogen-bond acceptors (Lipinski definition) is 9. The van der Waals surface area contributed by atoms with Crippen LogP contribution in [0.25, 0.3) is 22.5 Å². The molecule has 5 rings (SSSR count). The molecule has 4 aromatic rings. The number of benzene rings is 2. The summed E-state index contributed by atoms with van der Waals surface area (Å²) < 4.78 is 18.3. The Labute approximate surface area is 247 Å². The first-order valence-electron chi connectivity index (χ1n) is 13.5. The molecule has 0 aliphatic heterocycles. The SMILES string of the molecule is CCn1c(SCC(=O)Nc2scc(-c3ccc(OC)cc3)c2C(=O)OC)nnc1-c1ccc(OC2CCCC2)cc1. The Bertz CT molecular complexity index is 1490.